The van der Waals surface area contributed by atoms with E-state index in [1.54, 1.807) is 22.1 Å². The molecule has 4 aromatic rings. The van der Waals surface area contributed by atoms with Crippen LogP contribution in [0.5, 0.6) is 5.75 Å². The Balaban J connectivity index is 1.43. The Hall–Kier alpha value is -4.77. The summed E-state index contributed by atoms with van der Waals surface area (Å²) in [4.78, 5) is 15.1. The molecule has 17 heteroatoms. The number of aryl methyl sites for hydroxylation is 1. The number of aromatic hydroxyl groups is 1. The number of piperazine rings is 1. The summed E-state index contributed by atoms with van der Waals surface area (Å²) in [5.41, 5.74) is 1.22. The summed E-state index contributed by atoms with van der Waals surface area (Å²) in [7, 11) is -5.22. The van der Waals surface area contributed by atoms with E-state index in [1.165, 1.54) is 19.1 Å². The molecular formula is C33H29F7N6O3S. The number of rotatable bonds is 5. The maximum Gasteiger partial charge on any atom is 0.249 e. The van der Waals surface area contributed by atoms with E-state index in [4.69, 9.17) is 4.99 Å². The molecule has 9 nitrogen and oxygen atoms in total. The van der Waals surface area contributed by atoms with Gasteiger partial charge in [0.2, 0.25) is 15.8 Å². The maximum atomic E-state index is 16.0. The minimum atomic E-state index is -5.22. The topological polar surface area (TPSA) is 102 Å². The highest BCUT2D eigenvalue weighted by atomic mass is 32.2. The second kappa shape index (κ2) is 12.8. The van der Waals surface area contributed by atoms with Crippen LogP contribution in [0.4, 0.5) is 42.2 Å². The Labute approximate surface area is 282 Å². The number of sulfonamides is 1. The van der Waals surface area contributed by atoms with Crippen molar-refractivity contribution in [2.75, 3.05) is 31.2 Å². The number of nitrogens with zero attached hydrogens (tertiary/aromatic N) is 6. The Morgan fingerprint density at radius 1 is 0.920 bits per heavy atom. The minimum absolute atomic E-state index is 0.0814. The molecule has 0 radical (unpaired) electrons. The number of aliphatic imine (C=N–C) groups is 1. The van der Waals surface area contributed by atoms with Gasteiger partial charge in [-0.15, -0.1) is 0 Å². The number of halogens is 7. The van der Waals surface area contributed by atoms with Crippen LogP contribution in [0.15, 0.2) is 46.4 Å². The number of amidine groups is 1. The first-order valence-electron chi connectivity index (χ1n) is 15.3. The molecule has 4 heterocycles. The van der Waals surface area contributed by atoms with E-state index in [-0.39, 0.29) is 36.3 Å². The molecule has 0 spiro atoms. The van der Waals surface area contributed by atoms with E-state index in [1.807, 2.05) is 20.8 Å². The van der Waals surface area contributed by atoms with E-state index in [0.29, 0.717) is 15.7 Å². The highest BCUT2D eigenvalue weighted by molar-refractivity contribution is 7.89. The Bertz CT molecular complexity index is 2130. The molecule has 1 atom stereocenters. The number of hydrogen-bond donors (Lipinski definition) is 1. The van der Waals surface area contributed by atoms with Crippen LogP contribution in [-0.2, 0) is 10.0 Å². The summed E-state index contributed by atoms with van der Waals surface area (Å²) in [5.74, 6) is -14.5. The zero-order chi connectivity index (χ0) is 36.4. The maximum absolute atomic E-state index is 16.0. The first kappa shape index (κ1) is 35.1. The van der Waals surface area contributed by atoms with Gasteiger partial charge in [-0.25, -0.2) is 49.1 Å². The smallest absolute Gasteiger partial charge is 0.249 e. The average Bonchev–Trinajstić information content (AvgIpc) is 3.06. The van der Waals surface area contributed by atoms with Crippen molar-refractivity contribution in [1.82, 2.24) is 19.2 Å². The molecule has 0 aliphatic carbocycles. The van der Waals surface area contributed by atoms with E-state index >= 15 is 8.78 Å². The summed E-state index contributed by atoms with van der Waals surface area (Å²) >= 11 is 0. The predicted octanol–water partition coefficient (Wildman–Crippen LogP) is 6.51. The quantitative estimate of drug-likeness (QED) is 0.143. The van der Waals surface area contributed by atoms with Gasteiger partial charge in [0, 0.05) is 31.9 Å². The number of benzene rings is 2. The fourth-order valence-corrected chi connectivity index (χ4v) is 7.85. The normalized spacial score (nSPS) is 17.0. The largest absolute Gasteiger partial charge is 0.507 e. The Kier molecular flexibility index (Phi) is 9.01. The van der Waals surface area contributed by atoms with Crippen molar-refractivity contribution in [1.29, 1.82) is 0 Å². The van der Waals surface area contributed by atoms with Crippen LogP contribution in [0, 0.1) is 47.6 Å². The molecule has 0 amide bonds. The fraction of sp³-hybridized carbons (Fsp3) is 0.303. The third-order valence-corrected chi connectivity index (χ3v) is 10.5. The van der Waals surface area contributed by atoms with Crippen molar-refractivity contribution in [3.63, 3.8) is 0 Å². The summed E-state index contributed by atoms with van der Waals surface area (Å²) in [6.07, 6.45) is 1.64. The van der Waals surface area contributed by atoms with Crippen LogP contribution in [0.2, 0.25) is 0 Å². The summed E-state index contributed by atoms with van der Waals surface area (Å²) in [6.45, 7) is 5.96. The summed E-state index contributed by atoms with van der Waals surface area (Å²) in [5, 5.41) is 10.5. The van der Waals surface area contributed by atoms with Crippen molar-refractivity contribution in [2.45, 2.75) is 44.6 Å². The van der Waals surface area contributed by atoms with E-state index < -0.39 is 91.8 Å². The number of fused-ring (bicyclic) bond motifs is 1. The summed E-state index contributed by atoms with van der Waals surface area (Å²) < 4.78 is 129. The highest BCUT2D eigenvalue weighted by Crippen LogP contribution is 2.41. The molecular weight excluding hydrogens is 693 g/mol. The molecule has 0 saturated carbocycles. The van der Waals surface area contributed by atoms with Gasteiger partial charge in [-0.1, -0.05) is 19.9 Å². The summed E-state index contributed by atoms with van der Waals surface area (Å²) in [6, 6.07) is 5.49. The van der Waals surface area contributed by atoms with Crippen LogP contribution in [-0.4, -0.2) is 70.9 Å². The first-order valence-corrected chi connectivity index (χ1v) is 16.7. The molecule has 2 aliphatic rings. The molecule has 6 rings (SSSR count). The number of pyridine rings is 2. The minimum Gasteiger partial charge on any atom is -0.507 e. The number of anilines is 2. The lowest BCUT2D eigenvalue weighted by Gasteiger charge is -2.43. The van der Waals surface area contributed by atoms with E-state index in [2.05, 4.69) is 9.97 Å². The van der Waals surface area contributed by atoms with Crippen molar-refractivity contribution >= 4 is 27.4 Å². The van der Waals surface area contributed by atoms with Gasteiger partial charge in [0.1, 0.15) is 35.6 Å². The van der Waals surface area contributed by atoms with Gasteiger partial charge >= 0.3 is 0 Å². The molecule has 0 unspecified atom stereocenters. The molecule has 1 fully saturated rings. The Morgan fingerprint density at radius 3 is 2.20 bits per heavy atom. The van der Waals surface area contributed by atoms with Crippen molar-refractivity contribution < 1.29 is 44.3 Å². The zero-order valence-corrected chi connectivity index (χ0v) is 27.8. The second-order valence-corrected chi connectivity index (χ2v) is 14.1. The third-order valence-electron chi connectivity index (χ3n) is 8.64. The number of hydrogen-bond acceptors (Lipinski definition) is 8. The predicted molar refractivity (Wildman–Crippen MR) is 169 cm³/mol. The monoisotopic (exact) mass is 722 g/mol. The molecule has 264 valence electrons. The van der Waals surface area contributed by atoms with Crippen LogP contribution in [0.3, 0.4) is 0 Å². The van der Waals surface area contributed by atoms with E-state index in [9.17, 15) is 35.5 Å². The SMILES string of the molecule is Cc1ccnc(C(C)C)c1N1CN=C(N2CCN(S(=O)(=O)c3c(F)c(F)c(F)c(F)c3F)C[C@@H]2C)c2cc(F)c(-c3c(O)cccc3F)nc21. The van der Waals surface area contributed by atoms with Crippen molar-refractivity contribution in [2.24, 2.45) is 4.99 Å². The molecule has 50 heavy (non-hydrogen) atoms. The van der Waals surface area contributed by atoms with Gasteiger partial charge in [-0.3, -0.25) is 4.98 Å². The number of aromatic nitrogens is 2. The average molecular weight is 723 g/mol. The van der Waals surface area contributed by atoms with Crippen LogP contribution >= 0.6 is 0 Å². The highest BCUT2D eigenvalue weighted by Gasteiger charge is 2.41. The van der Waals surface area contributed by atoms with Crippen molar-refractivity contribution in [3.05, 3.63) is 94.1 Å². The molecule has 0 bridgehead atoms. The van der Waals surface area contributed by atoms with Gasteiger partial charge in [0.05, 0.1) is 22.5 Å². The second-order valence-electron chi connectivity index (χ2n) is 12.2. The molecule has 2 aliphatic heterocycles. The van der Waals surface area contributed by atoms with Crippen molar-refractivity contribution in [3.8, 4) is 17.0 Å². The van der Waals surface area contributed by atoms with Gasteiger partial charge < -0.3 is 14.9 Å². The lowest BCUT2D eigenvalue weighted by molar-refractivity contribution is 0.201. The molecule has 1 saturated heterocycles. The van der Waals surface area contributed by atoms with Crippen LogP contribution in [0.1, 0.15) is 43.5 Å². The number of phenolic OH excluding ortho intramolecular Hbond substituents is 1. The lowest BCUT2D eigenvalue weighted by Crippen LogP contribution is -2.56. The van der Waals surface area contributed by atoms with E-state index in [0.717, 1.165) is 17.7 Å². The molecule has 2 aromatic heterocycles. The molecule has 1 N–H and O–H groups in total. The van der Waals surface area contributed by atoms with Crippen LogP contribution in [0.25, 0.3) is 11.3 Å². The number of phenols is 1. The zero-order valence-electron chi connectivity index (χ0n) is 26.9. The van der Waals surface area contributed by atoms with Gasteiger partial charge in [0.15, 0.2) is 34.0 Å². The van der Waals surface area contributed by atoms with Crippen LogP contribution < -0.4 is 4.90 Å². The standard InChI is InChI=1S/C33H29F7N6O3S/c1-15(2)28-30(16(3)8-9-41-28)46-14-42-32(18-12-20(35)29(43-33(18)46)22-19(34)6-5-7-21(22)47)45-11-10-44(13-17(45)4)50(48,49)31-26(39)24(37)23(36)25(38)27(31)40/h5-9,12,15,17,47H,10-11,13-14H2,1-4H3/t17-/m0/s1. The molecule has 2 aromatic carbocycles. The van der Waals surface area contributed by atoms with Gasteiger partial charge in [-0.05, 0) is 49.6 Å². The Morgan fingerprint density at radius 2 is 1.58 bits per heavy atom. The third kappa shape index (κ3) is 5.61. The van der Waals surface area contributed by atoms with Gasteiger partial charge in [-0.2, -0.15) is 4.31 Å². The van der Waals surface area contributed by atoms with Gasteiger partial charge in [0.25, 0.3) is 0 Å². The lowest BCUT2D eigenvalue weighted by atomic mass is 10.0. The first-order chi connectivity index (χ1) is 23.6. The fourth-order valence-electron chi connectivity index (χ4n) is 6.23.